The molecule has 0 saturated carbocycles. The van der Waals surface area contributed by atoms with Gasteiger partial charge in [-0.25, -0.2) is 4.79 Å². The van der Waals surface area contributed by atoms with Crippen LogP contribution in [0.15, 0.2) is 54.6 Å². The highest BCUT2D eigenvalue weighted by Gasteiger charge is 2.12. The van der Waals surface area contributed by atoms with Crippen molar-refractivity contribution in [3.8, 4) is 5.75 Å². The Bertz CT molecular complexity index is 753. The van der Waals surface area contributed by atoms with E-state index in [1.54, 1.807) is 48.2 Å². The molecule has 0 unspecified atom stereocenters. The Morgan fingerprint density at radius 2 is 1.68 bits per heavy atom. The zero-order chi connectivity index (χ0) is 20.4. The van der Waals surface area contributed by atoms with Crippen LogP contribution in [-0.2, 0) is 11.3 Å². The molecule has 0 aliphatic carbocycles. The van der Waals surface area contributed by atoms with Gasteiger partial charge in [0.15, 0.2) is 0 Å². The van der Waals surface area contributed by atoms with Crippen molar-refractivity contribution in [2.24, 2.45) is 0 Å². The van der Waals surface area contributed by atoms with Gasteiger partial charge in [-0.2, -0.15) is 0 Å². The molecular weight excluding hydrogens is 378 g/mol. The van der Waals surface area contributed by atoms with Crippen molar-refractivity contribution in [2.45, 2.75) is 13.0 Å². The summed E-state index contributed by atoms with van der Waals surface area (Å²) in [7, 11) is 3.45. The summed E-state index contributed by atoms with van der Waals surface area (Å²) < 4.78 is 5.58. The average molecular weight is 404 g/mol. The van der Waals surface area contributed by atoms with E-state index in [4.69, 9.17) is 16.3 Å². The minimum Gasteiger partial charge on any atom is -0.492 e. The molecule has 1 N–H and O–H groups in total. The monoisotopic (exact) mass is 403 g/mol. The maximum absolute atomic E-state index is 12.2. The van der Waals surface area contributed by atoms with Crippen molar-refractivity contribution in [1.29, 1.82) is 0 Å². The van der Waals surface area contributed by atoms with Crippen LogP contribution in [0.1, 0.15) is 12.0 Å². The lowest BCUT2D eigenvalue weighted by atomic mass is 10.2. The Labute approximate surface area is 171 Å². The van der Waals surface area contributed by atoms with Gasteiger partial charge in [0.2, 0.25) is 5.91 Å². The van der Waals surface area contributed by atoms with Gasteiger partial charge >= 0.3 is 6.03 Å². The van der Waals surface area contributed by atoms with Gasteiger partial charge in [-0.05, 0) is 29.8 Å². The first-order valence-corrected chi connectivity index (χ1v) is 9.48. The summed E-state index contributed by atoms with van der Waals surface area (Å²) in [5, 5.41) is 3.42. The lowest BCUT2D eigenvalue weighted by Crippen LogP contribution is -2.39. The summed E-state index contributed by atoms with van der Waals surface area (Å²) in [6, 6.07) is 16.6. The van der Waals surface area contributed by atoms with Gasteiger partial charge in [0, 0.05) is 38.6 Å². The Kier molecular flexibility index (Phi) is 8.62. The van der Waals surface area contributed by atoms with Crippen molar-refractivity contribution in [2.75, 3.05) is 33.8 Å². The molecular formula is C21H26ClN3O3. The minimum absolute atomic E-state index is 0.0503. The number of hydrogen-bond acceptors (Lipinski definition) is 3. The number of nitrogens with zero attached hydrogens (tertiary/aromatic N) is 2. The minimum atomic E-state index is -0.203. The zero-order valence-corrected chi connectivity index (χ0v) is 17.0. The SMILES string of the molecule is CN(CCOc1ccc(Cl)cc1)C(=O)CCNC(=O)N(C)Cc1ccccc1. The molecule has 0 atom stereocenters. The number of urea groups is 1. The van der Waals surface area contributed by atoms with Gasteiger partial charge in [0.1, 0.15) is 12.4 Å². The van der Waals surface area contributed by atoms with Gasteiger partial charge in [0.25, 0.3) is 0 Å². The van der Waals surface area contributed by atoms with E-state index in [0.717, 1.165) is 5.56 Å². The molecule has 7 heteroatoms. The van der Waals surface area contributed by atoms with Crippen LogP contribution in [0.4, 0.5) is 4.79 Å². The standard InChI is InChI=1S/C21H26ClN3O3/c1-24(14-15-28-19-10-8-18(22)9-11-19)20(26)12-13-23-21(27)25(2)16-17-6-4-3-5-7-17/h3-11H,12-16H2,1-2H3,(H,23,27). The molecule has 0 saturated heterocycles. The fourth-order valence-corrected chi connectivity index (χ4v) is 2.61. The third-order valence-corrected chi connectivity index (χ3v) is 4.41. The molecule has 0 aliphatic heterocycles. The lowest BCUT2D eigenvalue weighted by molar-refractivity contribution is -0.130. The Morgan fingerprint density at radius 1 is 1.00 bits per heavy atom. The van der Waals surface area contributed by atoms with Gasteiger partial charge in [-0.3, -0.25) is 4.79 Å². The van der Waals surface area contributed by atoms with Crippen molar-refractivity contribution in [1.82, 2.24) is 15.1 Å². The molecule has 6 nitrogen and oxygen atoms in total. The molecule has 0 fully saturated rings. The number of rotatable bonds is 9. The van der Waals surface area contributed by atoms with E-state index in [2.05, 4.69) is 5.32 Å². The van der Waals surface area contributed by atoms with Crippen LogP contribution >= 0.6 is 11.6 Å². The quantitative estimate of drug-likeness (QED) is 0.697. The Morgan fingerprint density at radius 3 is 2.36 bits per heavy atom. The number of halogens is 1. The molecule has 2 aromatic carbocycles. The summed E-state index contributed by atoms with van der Waals surface area (Å²) in [6.07, 6.45) is 0.238. The largest absolute Gasteiger partial charge is 0.492 e. The molecule has 0 aliphatic rings. The lowest BCUT2D eigenvalue weighted by Gasteiger charge is -2.20. The first kappa shape index (κ1) is 21.6. The molecule has 150 valence electrons. The van der Waals surface area contributed by atoms with Gasteiger partial charge in [-0.15, -0.1) is 0 Å². The van der Waals surface area contributed by atoms with E-state index in [1.165, 1.54) is 0 Å². The van der Waals surface area contributed by atoms with E-state index in [-0.39, 0.29) is 18.4 Å². The maximum atomic E-state index is 12.2. The first-order valence-electron chi connectivity index (χ1n) is 9.11. The normalized spacial score (nSPS) is 10.2. The number of ether oxygens (including phenoxy) is 1. The van der Waals surface area contributed by atoms with Crippen LogP contribution in [0.3, 0.4) is 0 Å². The van der Waals surface area contributed by atoms with Crippen molar-refractivity contribution in [3.63, 3.8) is 0 Å². The fourth-order valence-electron chi connectivity index (χ4n) is 2.49. The highest BCUT2D eigenvalue weighted by atomic mass is 35.5. The number of hydrogen-bond donors (Lipinski definition) is 1. The van der Waals surface area contributed by atoms with Crippen LogP contribution in [0.25, 0.3) is 0 Å². The van der Waals surface area contributed by atoms with Crippen molar-refractivity contribution >= 4 is 23.5 Å². The summed E-state index contributed by atoms with van der Waals surface area (Å²) in [4.78, 5) is 27.5. The second-order valence-corrected chi connectivity index (χ2v) is 6.88. The van der Waals surface area contributed by atoms with Gasteiger partial charge in [-0.1, -0.05) is 41.9 Å². The zero-order valence-electron chi connectivity index (χ0n) is 16.2. The summed E-state index contributed by atoms with van der Waals surface area (Å²) in [6.45, 7) is 1.65. The van der Waals surface area contributed by atoms with E-state index >= 15 is 0 Å². The molecule has 2 rings (SSSR count). The topological polar surface area (TPSA) is 61.9 Å². The fraction of sp³-hybridized carbons (Fsp3) is 0.333. The predicted molar refractivity (Wildman–Crippen MR) is 111 cm³/mol. The smallest absolute Gasteiger partial charge is 0.317 e. The molecule has 0 radical (unpaired) electrons. The highest BCUT2D eigenvalue weighted by Crippen LogP contribution is 2.15. The van der Waals surface area contributed by atoms with E-state index in [1.807, 2.05) is 30.3 Å². The molecule has 0 heterocycles. The molecule has 0 aromatic heterocycles. The molecule has 0 bridgehead atoms. The Balaban J connectivity index is 1.62. The first-order chi connectivity index (χ1) is 13.5. The second kappa shape index (κ2) is 11.2. The number of nitrogens with one attached hydrogen (secondary N) is 1. The third-order valence-electron chi connectivity index (χ3n) is 4.16. The number of carbonyl (C=O) groups excluding carboxylic acids is 2. The second-order valence-electron chi connectivity index (χ2n) is 6.44. The van der Waals surface area contributed by atoms with Crippen molar-refractivity contribution < 1.29 is 14.3 Å². The average Bonchev–Trinajstić information content (AvgIpc) is 2.70. The number of amides is 3. The Hall–Kier alpha value is -2.73. The van der Waals surface area contributed by atoms with Crippen LogP contribution < -0.4 is 10.1 Å². The molecule has 3 amide bonds. The summed E-state index contributed by atoms with van der Waals surface area (Å²) >= 11 is 5.83. The highest BCUT2D eigenvalue weighted by molar-refractivity contribution is 6.30. The van der Waals surface area contributed by atoms with Crippen LogP contribution in [0.5, 0.6) is 5.75 Å². The molecule has 2 aromatic rings. The summed E-state index contributed by atoms with van der Waals surface area (Å²) in [5.74, 6) is 0.657. The van der Waals surface area contributed by atoms with E-state index in [0.29, 0.717) is 37.0 Å². The van der Waals surface area contributed by atoms with E-state index < -0.39 is 0 Å². The molecule has 0 spiro atoms. The number of likely N-dealkylation sites (N-methyl/N-ethyl adjacent to an activating group) is 1. The van der Waals surface area contributed by atoms with Crippen LogP contribution in [-0.4, -0.2) is 55.5 Å². The van der Waals surface area contributed by atoms with Crippen molar-refractivity contribution in [3.05, 3.63) is 65.2 Å². The maximum Gasteiger partial charge on any atom is 0.317 e. The number of carbonyl (C=O) groups is 2. The number of benzene rings is 2. The molecule has 28 heavy (non-hydrogen) atoms. The van der Waals surface area contributed by atoms with E-state index in [9.17, 15) is 9.59 Å². The summed E-state index contributed by atoms with van der Waals surface area (Å²) in [5.41, 5.74) is 1.05. The van der Waals surface area contributed by atoms with Crippen LogP contribution in [0.2, 0.25) is 5.02 Å². The third kappa shape index (κ3) is 7.48. The van der Waals surface area contributed by atoms with Gasteiger partial charge < -0.3 is 19.9 Å². The van der Waals surface area contributed by atoms with Gasteiger partial charge in [0.05, 0.1) is 6.54 Å². The van der Waals surface area contributed by atoms with Crippen LogP contribution in [0, 0.1) is 0 Å². The predicted octanol–water partition coefficient (Wildman–Crippen LogP) is 3.41.